The number of rotatable bonds is 5. The first-order chi connectivity index (χ1) is 15.0. The summed E-state index contributed by atoms with van der Waals surface area (Å²) in [4.78, 5) is 29.9. The van der Waals surface area contributed by atoms with Crippen molar-refractivity contribution in [2.45, 2.75) is 0 Å². The van der Waals surface area contributed by atoms with Gasteiger partial charge in [0.25, 0.3) is 11.6 Å². The number of carbonyl (C=O) groups excluding carboxylic acids is 1. The zero-order chi connectivity index (χ0) is 22.0. The third-order valence-electron chi connectivity index (χ3n) is 4.72. The second-order valence-electron chi connectivity index (χ2n) is 6.60. The summed E-state index contributed by atoms with van der Waals surface area (Å²) in [7, 11) is 1.50. The van der Waals surface area contributed by atoms with Crippen LogP contribution in [0.2, 0.25) is 0 Å². The Morgan fingerprint density at radius 3 is 2.42 bits per heavy atom. The number of para-hydroxylation sites is 2. The monoisotopic (exact) mass is 417 g/mol. The highest BCUT2D eigenvalue weighted by molar-refractivity contribution is 6.33. The maximum absolute atomic E-state index is 13.5. The number of hydrogen-bond donors (Lipinski definition) is 0. The molecule has 0 aliphatic carbocycles. The Balaban J connectivity index is 1.89. The second kappa shape index (κ2) is 8.19. The van der Waals surface area contributed by atoms with Crippen molar-refractivity contribution in [3.8, 4) is 5.75 Å². The fourth-order valence-electron chi connectivity index (χ4n) is 3.28. The highest BCUT2D eigenvalue weighted by Gasteiger charge is 2.34. The van der Waals surface area contributed by atoms with Gasteiger partial charge in [0.15, 0.2) is 5.84 Å². The van der Waals surface area contributed by atoms with Gasteiger partial charge in [-0.15, -0.1) is 0 Å². The number of nitro benzene ring substituents is 1. The first-order valence-corrected chi connectivity index (χ1v) is 9.27. The molecule has 1 aliphatic rings. The van der Waals surface area contributed by atoms with E-state index in [1.807, 2.05) is 0 Å². The number of carbonyl (C=O) groups is 1. The molecule has 154 valence electrons. The Morgan fingerprint density at radius 2 is 1.71 bits per heavy atom. The van der Waals surface area contributed by atoms with Gasteiger partial charge in [-0.1, -0.05) is 24.3 Å². The summed E-state index contributed by atoms with van der Waals surface area (Å²) in [5.41, 5.74) is 1.08. The molecule has 0 atom stereocenters. The van der Waals surface area contributed by atoms with Crippen LogP contribution in [0, 0.1) is 15.9 Å². The zero-order valence-electron chi connectivity index (χ0n) is 16.4. The van der Waals surface area contributed by atoms with Crippen LogP contribution < -0.4 is 9.64 Å². The van der Waals surface area contributed by atoms with Crippen molar-refractivity contribution in [3.05, 3.63) is 106 Å². The number of benzene rings is 3. The predicted octanol–water partition coefficient (Wildman–Crippen LogP) is 4.58. The molecule has 1 amide bonds. The molecular weight excluding hydrogens is 401 g/mol. The molecular formula is C23H16FN3O4. The molecule has 3 aromatic carbocycles. The van der Waals surface area contributed by atoms with Crippen LogP contribution in [0.15, 0.2) is 83.5 Å². The van der Waals surface area contributed by atoms with Crippen LogP contribution in [-0.2, 0) is 4.79 Å². The summed E-state index contributed by atoms with van der Waals surface area (Å²) in [6, 6.07) is 18.5. The molecule has 0 unspecified atom stereocenters. The van der Waals surface area contributed by atoms with Crippen molar-refractivity contribution in [1.29, 1.82) is 0 Å². The highest BCUT2D eigenvalue weighted by atomic mass is 19.1. The molecule has 1 heterocycles. The lowest BCUT2D eigenvalue weighted by atomic mass is 10.1. The Bertz CT molecular complexity index is 1240. The molecule has 0 fully saturated rings. The van der Waals surface area contributed by atoms with E-state index < -0.39 is 16.6 Å². The number of aliphatic imine (C=N–C) groups is 1. The van der Waals surface area contributed by atoms with E-state index in [4.69, 9.17) is 4.74 Å². The van der Waals surface area contributed by atoms with Crippen molar-refractivity contribution in [3.63, 3.8) is 0 Å². The van der Waals surface area contributed by atoms with Crippen LogP contribution in [0.5, 0.6) is 5.75 Å². The fraction of sp³-hybridized carbons (Fsp3) is 0.0435. The van der Waals surface area contributed by atoms with E-state index in [-0.39, 0.29) is 22.8 Å². The SMILES string of the molecule is COc1ccccc1C1=N/C(=C/c2ccccc2[N+](=O)[O-])C(=O)N1c1ccc(F)cc1. The maximum Gasteiger partial charge on any atom is 0.282 e. The molecule has 8 heteroatoms. The molecule has 31 heavy (non-hydrogen) atoms. The molecule has 0 saturated heterocycles. The normalized spacial score (nSPS) is 14.6. The van der Waals surface area contributed by atoms with E-state index >= 15 is 0 Å². The number of amides is 1. The van der Waals surface area contributed by atoms with Crippen LogP contribution in [-0.4, -0.2) is 23.8 Å². The average molecular weight is 417 g/mol. The first kappa shape index (κ1) is 20.0. The summed E-state index contributed by atoms with van der Waals surface area (Å²) in [6.45, 7) is 0. The van der Waals surface area contributed by atoms with E-state index in [1.54, 1.807) is 36.4 Å². The largest absolute Gasteiger partial charge is 0.496 e. The van der Waals surface area contributed by atoms with E-state index in [0.29, 0.717) is 17.0 Å². The van der Waals surface area contributed by atoms with Crippen molar-refractivity contribution in [2.75, 3.05) is 12.0 Å². The quantitative estimate of drug-likeness (QED) is 0.346. The summed E-state index contributed by atoms with van der Waals surface area (Å²) in [5.74, 6) is -0.167. The molecule has 1 aliphatic heterocycles. The minimum atomic E-state index is -0.519. The molecule has 3 aromatic rings. The van der Waals surface area contributed by atoms with Crippen molar-refractivity contribution >= 4 is 29.2 Å². The average Bonchev–Trinajstić information content (AvgIpc) is 3.10. The number of nitro groups is 1. The van der Waals surface area contributed by atoms with Crippen LogP contribution in [0.25, 0.3) is 6.08 Å². The van der Waals surface area contributed by atoms with Gasteiger partial charge < -0.3 is 4.74 Å². The fourth-order valence-corrected chi connectivity index (χ4v) is 3.28. The highest BCUT2D eigenvalue weighted by Crippen LogP contribution is 2.32. The predicted molar refractivity (Wildman–Crippen MR) is 114 cm³/mol. The summed E-state index contributed by atoms with van der Waals surface area (Å²) >= 11 is 0. The van der Waals surface area contributed by atoms with E-state index in [0.717, 1.165) is 0 Å². The molecule has 0 saturated carbocycles. The van der Waals surface area contributed by atoms with Crippen LogP contribution in [0.3, 0.4) is 0 Å². The van der Waals surface area contributed by atoms with Gasteiger partial charge >= 0.3 is 0 Å². The van der Waals surface area contributed by atoms with Crippen molar-refractivity contribution in [2.24, 2.45) is 4.99 Å². The Labute approximate surface area is 176 Å². The third-order valence-corrected chi connectivity index (χ3v) is 4.72. The molecule has 0 spiro atoms. The molecule has 0 bridgehead atoms. The van der Waals surface area contributed by atoms with Crippen molar-refractivity contribution in [1.82, 2.24) is 0 Å². The Morgan fingerprint density at radius 1 is 1.03 bits per heavy atom. The molecule has 0 aromatic heterocycles. The topological polar surface area (TPSA) is 85.0 Å². The molecule has 4 rings (SSSR count). The van der Waals surface area contributed by atoms with E-state index in [1.165, 1.54) is 54.5 Å². The maximum atomic E-state index is 13.5. The minimum Gasteiger partial charge on any atom is -0.496 e. The van der Waals surface area contributed by atoms with Crippen LogP contribution >= 0.6 is 0 Å². The smallest absolute Gasteiger partial charge is 0.282 e. The van der Waals surface area contributed by atoms with Gasteiger partial charge in [-0.2, -0.15) is 0 Å². The molecule has 0 N–H and O–H groups in total. The van der Waals surface area contributed by atoms with Gasteiger partial charge in [0.1, 0.15) is 17.3 Å². The van der Waals surface area contributed by atoms with E-state index in [9.17, 15) is 19.3 Å². The van der Waals surface area contributed by atoms with Gasteiger partial charge in [-0.3, -0.25) is 19.8 Å². The number of ether oxygens (including phenoxy) is 1. The molecule has 0 radical (unpaired) electrons. The number of anilines is 1. The van der Waals surface area contributed by atoms with Crippen LogP contribution in [0.1, 0.15) is 11.1 Å². The summed E-state index contributed by atoms with van der Waals surface area (Å²) in [5, 5.41) is 11.4. The van der Waals surface area contributed by atoms with Gasteiger partial charge in [0, 0.05) is 6.07 Å². The zero-order valence-corrected chi connectivity index (χ0v) is 16.4. The lowest BCUT2D eigenvalue weighted by molar-refractivity contribution is -0.385. The minimum absolute atomic E-state index is 0.0135. The lowest BCUT2D eigenvalue weighted by Gasteiger charge is -2.19. The van der Waals surface area contributed by atoms with Crippen LogP contribution in [0.4, 0.5) is 15.8 Å². The number of amidine groups is 1. The number of halogens is 1. The lowest BCUT2D eigenvalue weighted by Crippen LogP contribution is -2.32. The Kier molecular flexibility index (Phi) is 5.28. The van der Waals surface area contributed by atoms with Gasteiger partial charge in [-0.05, 0) is 48.5 Å². The Hall–Kier alpha value is -4.33. The molecule has 7 nitrogen and oxygen atoms in total. The number of nitrogens with zero attached hydrogens (tertiary/aromatic N) is 3. The second-order valence-corrected chi connectivity index (χ2v) is 6.60. The number of methoxy groups -OCH3 is 1. The van der Waals surface area contributed by atoms with Gasteiger partial charge in [0.2, 0.25) is 0 Å². The van der Waals surface area contributed by atoms with Crippen molar-refractivity contribution < 1.29 is 18.8 Å². The third kappa shape index (κ3) is 3.78. The number of hydrogen-bond acceptors (Lipinski definition) is 5. The van der Waals surface area contributed by atoms with Gasteiger partial charge in [-0.25, -0.2) is 9.38 Å². The van der Waals surface area contributed by atoms with E-state index in [2.05, 4.69) is 4.99 Å². The first-order valence-electron chi connectivity index (χ1n) is 9.27. The summed E-state index contributed by atoms with van der Waals surface area (Å²) in [6.07, 6.45) is 1.37. The standard InChI is InChI=1S/C23H16FN3O4/c1-31-21-9-5-3-7-18(21)22-25-19(14-15-6-2-4-8-20(15)27(29)30)23(28)26(22)17-12-10-16(24)11-13-17/h2-14H,1H3/b19-14+. The summed E-state index contributed by atoms with van der Waals surface area (Å²) < 4.78 is 18.9. The van der Waals surface area contributed by atoms with Gasteiger partial charge in [0.05, 0.1) is 28.8 Å².